The second-order valence-corrected chi connectivity index (χ2v) is 24.9. The van der Waals surface area contributed by atoms with Gasteiger partial charge in [-0.15, -0.1) is 22.0 Å². The van der Waals surface area contributed by atoms with Crippen LogP contribution in [0.4, 0.5) is 23.0 Å². The van der Waals surface area contributed by atoms with Crippen molar-refractivity contribution in [3.05, 3.63) is 95.9 Å². The second-order valence-electron chi connectivity index (χ2n) is 23.9. The molecule has 3 aromatic heterocycles. The van der Waals surface area contributed by atoms with Gasteiger partial charge < -0.3 is 50.1 Å². The number of nitrogen functional groups attached to an aromatic ring is 1. The topological polar surface area (TPSA) is 218 Å². The molecule has 5 N–H and O–H groups in total. The molecular weight excluding hydrogens is 1030 g/mol. The number of hydrogen-bond acceptors (Lipinski definition) is 18. The maximum atomic E-state index is 14.4. The maximum absolute atomic E-state index is 14.4. The molecule has 19 nitrogen and oxygen atoms in total. The first-order valence-corrected chi connectivity index (χ1v) is 30.1. The molecule has 9 heterocycles. The molecule has 5 saturated heterocycles. The minimum absolute atomic E-state index is 0.0897. The Kier molecular flexibility index (Phi) is 15.7. The van der Waals surface area contributed by atoms with E-state index in [2.05, 4.69) is 86.3 Å². The van der Waals surface area contributed by atoms with E-state index in [1.807, 2.05) is 68.9 Å². The summed E-state index contributed by atoms with van der Waals surface area (Å²) in [7, 11) is 0. The number of nitrogens with zero attached hydrogens (tertiary/aromatic N) is 11. The highest BCUT2D eigenvalue weighted by molar-refractivity contribution is 8.12. The lowest BCUT2D eigenvalue weighted by molar-refractivity contribution is -0.141. The van der Waals surface area contributed by atoms with Crippen LogP contribution >= 0.6 is 11.8 Å². The molecule has 0 radical (unpaired) electrons. The normalized spacial score (nSPS) is 27.2. The van der Waals surface area contributed by atoms with E-state index < -0.39 is 18.1 Å². The Morgan fingerprint density at radius 2 is 1.66 bits per heavy atom. The number of phenols is 1. The molecule has 4 unspecified atom stereocenters. The lowest BCUT2D eigenvalue weighted by Crippen LogP contribution is -2.56. The van der Waals surface area contributed by atoms with Crippen molar-refractivity contribution in [3.63, 3.8) is 0 Å². The quantitative estimate of drug-likeness (QED) is 0.0765. The summed E-state index contributed by atoms with van der Waals surface area (Å²) in [5, 5.41) is 37.8. The van der Waals surface area contributed by atoms with Gasteiger partial charge in [0.15, 0.2) is 17.4 Å². The SMILES string of the molecule is CC1N=CSC1c1ccc([C@H](C)NC(=O)[C@@H]2C[C@@H](O)CN2C(=O)[C@@H](c2cc(N3CCC(CN4CCCN(C5CC(Oc6cc(N7C8CCC7CN(c7cc(-c9ccccc9O)nnc7N)C8)ccn6)C5)C4)CC3)no2)C(C)C)cc1. The molecule has 2 bridgehead atoms. The Bertz CT molecular complexity index is 3010. The minimum Gasteiger partial charge on any atom is -0.507 e. The van der Waals surface area contributed by atoms with Crippen LogP contribution in [0, 0.1) is 11.8 Å². The predicted molar refractivity (Wildman–Crippen MR) is 311 cm³/mol. The summed E-state index contributed by atoms with van der Waals surface area (Å²) >= 11 is 1.72. The lowest BCUT2D eigenvalue weighted by atomic mass is 9.87. The summed E-state index contributed by atoms with van der Waals surface area (Å²) in [6, 6.07) is 23.8. The molecule has 424 valence electrons. The standard InChI is InChI=1S/C60H77N13O6S/c1-36(2)56(60(77)72-33-46(74)27-51(72)59(76)64-37(3)40-10-12-41(13-11-40)57-38(4)63-34-80-57)53-29-54(67-79-53)69-22-17-39(18-23-69)30-68-20-7-21-70(35-68)45-24-47(25-45)78-55-26-42(16-19-62-55)73-43-14-15-44(73)32-71(31-43)50-28-49(65-66-58(50)61)48-8-5-6-9-52(48)75/h5-6,8-13,16,19,26,28-29,34,36-39,43-47,51,56-57,74-75H,7,14-15,17-18,20-25,27,30-33,35H2,1-4H3,(H2,61,66)(H,64,76)/t37-,38?,43?,44?,45?,46+,47?,51-,56+,57?/m0/s1. The van der Waals surface area contributed by atoms with Crippen molar-refractivity contribution < 1.29 is 29.1 Å². The van der Waals surface area contributed by atoms with E-state index in [0.717, 1.165) is 120 Å². The Hall–Kier alpha value is -6.48. The number of piperidine rings is 1. The van der Waals surface area contributed by atoms with Crippen molar-refractivity contribution in [2.75, 3.05) is 79.5 Å². The minimum atomic E-state index is -0.798. The number of aromatic nitrogens is 4. The van der Waals surface area contributed by atoms with E-state index in [0.29, 0.717) is 52.8 Å². The average molecular weight is 1110 g/mol. The molecule has 80 heavy (non-hydrogen) atoms. The van der Waals surface area contributed by atoms with Crippen LogP contribution in [-0.2, 0) is 9.59 Å². The first-order chi connectivity index (χ1) is 38.8. The van der Waals surface area contributed by atoms with Crippen molar-refractivity contribution >= 4 is 52.1 Å². The van der Waals surface area contributed by atoms with Crippen LogP contribution in [0.15, 0.2) is 88.5 Å². The zero-order chi connectivity index (χ0) is 55.2. The number of thioether (sulfide) groups is 1. The Labute approximate surface area is 473 Å². The summed E-state index contributed by atoms with van der Waals surface area (Å²) in [6.07, 6.45) is 8.82. The number of anilines is 4. The Balaban J connectivity index is 0.592. The van der Waals surface area contributed by atoms with E-state index in [1.54, 1.807) is 28.8 Å². The number of nitrogens with two attached hydrogens (primary N) is 1. The fourth-order valence-corrected chi connectivity index (χ4v) is 14.7. The van der Waals surface area contributed by atoms with E-state index in [9.17, 15) is 19.8 Å². The van der Waals surface area contributed by atoms with Crippen LogP contribution in [0.3, 0.4) is 0 Å². The molecule has 5 aromatic rings. The number of rotatable bonds is 16. The summed E-state index contributed by atoms with van der Waals surface area (Å²) in [6.45, 7) is 15.7. The molecule has 20 heteroatoms. The number of amides is 2. The van der Waals surface area contributed by atoms with Gasteiger partial charge in [0, 0.05) is 119 Å². The van der Waals surface area contributed by atoms with Gasteiger partial charge in [-0.3, -0.25) is 24.4 Å². The molecule has 6 fully saturated rings. The number of nitrogens with one attached hydrogen (secondary N) is 1. The highest BCUT2D eigenvalue weighted by atomic mass is 32.2. The largest absolute Gasteiger partial charge is 0.507 e. The van der Waals surface area contributed by atoms with Gasteiger partial charge in [0.05, 0.1) is 47.0 Å². The third kappa shape index (κ3) is 11.3. The molecular formula is C60H77N13O6S. The molecule has 6 aliphatic heterocycles. The third-order valence-electron chi connectivity index (χ3n) is 18.1. The van der Waals surface area contributed by atoms with Gasteiger partial charge in [0.2, 0.25) is 17.7 Å². The number of phenolic OH excluding ortho intramolecular Hbond substituents is 1. The van der Waals surface area contributed by atoms with Crippen LogP contribution in [0.25, 0.3) is 11.3 Å². The van der Waals surface area contributed by atoms with Crippen LogP contribution < -0.4 is 30.5 Å². The Morgan fingerprint density at radius 1 is 0.887 bits per heavy atom. The van der Waals surface area contributed by atoms with E-state index in [4.69, 9.17) is 15.0 Å². The first kappa shape index (κ1) is 54.1. The van der Waals surface area contributed by atoms with Gasteiger partial charge >= 0.3 is 0 Å². The summed E-state index contributed by atoms with van der Waals surface area (Å²) in [5.41, 5.74) is 13.7. The fraction of sp³-hybridized carbons (Fsp3) is 0.550. The van der Waals surface area contributed by atoms with Crippen molar-refractivity contribution in [3.8, 4) is 22.9 Å². The van der Waals surface area contributed by atoms with Crippen LogP contribution in [0.5, 0.6) is 11.6 Å². The number of benzene rings is 2. The maximum Gasteiger partial charge on any atom is 0.243 e. The van der Waals surface area contributed by atoms with Gasteiger partial charge in [-0.05, 0) is 93.2 Å². The predicted octanol–water partition coefficient (Wildman–Crippen LogP) is 7.25. The molecule has 7 aliphatic rings. The lowest BCUT2D eigenvalue weighted by Gasteiger charge is -2.47. The molecule has 1 aliphatic carbocycles. The van der Waals surface area contributed by atoms with Gasteiger partial charge in [0.25, 0.3) is 0 Å². The first-order valence-electron chi connectivity index (χ1n) is 29.1. The van der Waals surface area contributed by atoms with Crippen LogP contribution in [0.2, 0.25) is 0 Å². The number of para-hydroxylation sites is 1. The van der Waals surface area contributed by atoms with Gasteiger partial charge in [-0.25, -0.2) is 4.98 Å². The fourth-order valence-electron chi connectivity index (χ4n) is 13.7. The van der Waals surface area contributed by atoms with Gasteiger partial charge in [0.1, 0.15) is 23.8 Å². The van der Waals surface area contributed by atoms with Crippen LogP contribution in [0.1, 0.15) is 113 Å². The number of β-amino-alcohol motifs (C(OH)–C–C–N with tert-alkyl or cyclic N) is 1. The van der Waals surface area contributed by atoms with E-state index in [1.165, 1.54) is 5.56 Å². The van der Waals surface area contributed by atoms with E-state index in [-0.39, 0.29) is 59.9 Å². The summed E-state index contributed by atoms with van der Waals surface area (Å²) in [4.78, 5) is 51.5. The molecule has 2 aromatic carbocycles. The number of piperazine rings is 1. The number of pyridine rings is 1. The number of likely N-dealkylation sites (tertiary alicyclic amines) is 1. The summed E-state index contributed by atoms with van der Waals surface area (Å²) in [5.74, 6) is 1.78. The number of hydrogen-bond donors (Lipinski definition) is 4. The average Bonchev–Trinajstić information content (AvgIpc) is 4.26. The van der Waals surface area contributed by atoms with Crippen molar-refractivity contribution in [2.45, 2.75) is 139 Å². The zero-order valence-corrected chi connectivity index (χ0v) is 47.3. The zero-order valence-electron chi connectivity index (χ0n) is 46.5. The smallest absolute Gasteiger partial charge is 0.243 e. The highest BCUT2D eigenvalue weighted by Gasteiger charge is 2.45. The molecule has 2 amide bonds. The number of aliphatic hydroxyl groups excluding tert-OH is 1. The van der Waals surface area contributed by atoms with Gasteiger partial charge in [-0.1, -0.05) is 55.4 Å². The van der Waals surface area contributed by atoms with Crippen molar-refractivity contribution in [1.82, 2.24) is 40.4 Å². The number of aliphatic imine (C=N–C) groups is 1. The number of aliphatic hydroxyl groups is 1. The van der Waals surface area contributed by atoms with Crippen molar-refractivity contribution in [1.29, 1.82) is 0 Å². The van der Waals surface area contributed by atoms with E-state index >= 15 is 0 Å². The number of carbonyl (C=O) groups excluding carboxylic acids is 2. The summed E-state index contributed by atoms with van der Waals surface area (Å²) < 4.78 is 12.6. The third-order valence-corrected chi connectivity index (χ3v) is 19.3. The molecule has 0 spiro atoms. The van der Waals surface area contributed by atoms with Crippen molar-refractivity contribution in [2.24, 2.45) is 16.8 Å². The monoisotopic (exact) mass is 1110 g/mol. The number of ether oxygens (including phenoxy) is 1. The molecule has 8 atom stereocenters. The highest BCUT2D eigenvalue weighted by Crippen LogP contribution is 2.42. The number of fused-ring (bicyclic) bond motifs is 2. The van der Waals surface area contributed by atoms with Crippen LogP contribution in [-0.4, -0.2) is 164 Å². The molecule has 1 saturated carbocycles. The van der Waals surface area contributed by atoms with Gasteiger partial charge in [-0.2, -0.15) is 0 Å². The second kappa shape index (κ2) is 23.2. The Morgan fingerprint density at radius 3 is 2.40 bits per heavy atom. The number of aromatic hydroxyl groups is 1. The molecule has 12 rings (SSSR count). The number of carbonyl (C=O) groups is 2.